The van der Waals surface area contributed by atoms with E-state index in [-0.39, 0.29) is 5.91 Å². The van der Waals surface area contributed by atoms with Gasteiger partial charge in [-0.2, -0.15) is 0 Å². The number of amides is 1. The normalized spacial score (nSPS) is 12.2. The number of hydrogen-bond donors (Lipinski definition) is 2. The lowest BCUT2D eigenvalue weighted by molar-refractivity contribution is -0.115. The van der Waals surface area contributed by atoms with Crippen LogP contribution in [-0.4, -0.2) is 20.9 Å². The van der Waals surface area contributed by atoms with Gasteiger partial charge >= 0.3 is 0 Å². The first kappa shape index (κ1) is 16.8. The molecule has 2 heterocycles. The fourth-order valence-electron chi connectivity index (χ4n) is 2.62. The van der Waals surface area contributed by atoms with Crippen LogP contribution in [0.3, 0.4) is 0 Å². The predicted molar refractivity (Wildman–Crippen MR) is 107 cm³/mol. The molecule has 7 heteroatoms. The Kier molecular flexibility index (Phi) is 4.73. The Hall–Kier alpha value is -2.64. The van der Waals surface area contributed by atoms with Gasteiger partial charge in [-0.15, -0.1) is 11.3 Å². The minimum atomic E-state index is -0.429. The molecule has 4 rings (SSSR count). The number of imidazole rings is 1. The Balaban J connectivity index is 1.64. The van der Waals surface area contributed by atoms with E-state index in [4.69, 9.17) is 0 Å². The van der Waals surface area contributed by atoms with Crippen molar-refractivity contribution < 1.29 is 4.79 Å². The van der Waals surface area contributed by atoms with Gasteiger partial charge in [0.2, 0.25) is 5.91 Å². The van der Waals surface area contributed by atoms with Gasteiger partial charge in [-0.1, -0.05) is 48.2 Å². The second-order valence-electron chi connectivity index (χ2n) is 5.80. The first-order valence-corrected chi connectivity index (χ1v) is 9.83. The van der Waals surface area contributed by atoms with Gasteiger partial charge in [0.05, 0.1) is 11.0 Å². The highest BCUT2D eigenvalue weighted by atomic mass is 32.2. The molecule has 0 saturated heterocycles. The average molecular weight is 380 g/mol. The van der Waals surface area contributed by atoms with E-state index in [1.807, 2.05) is 54.8 Å². The van der Waals surface area contributed by atoms with Gasteiger partial charge < -0.3 is 10.3 Å². The van der Waals surface area contributed by atoms with Crippen molar-refractivity contribution in [2.45, 2.75) is 17.3 Å². The van der Waals surface area contributed by atoms with Crippen molar-refractivity contribution in [2.24, 2.45) is 0 Å². The monoisotopic (exact) mass is 380 g/mol. The number of nitrogens with zero attached hydrogens (tertiary/aromatic N) is 2. The molecule has 0 bridgehead atoms. The summed E-state index contributed by atoms with van der Waals surface area (Å²) in [5.74, 6) is -0.118. The third-order valence-electron chi connectivity index (χ3n) is 3.85. The number of carbonyl (C=O) groups is 1. The fraction of sp³-hybridized carbons (Fsp3) is 0.105. The number of fused-ring (bicyclic) bond motifs is 1. The third kappa shape index (κ3) is 3.63. The summed E-state index contributed by atoms with van der Waals surface area (Å²) in [6.07, 6.45) is 1.67. The molecule has 0 saturated carbocycles. The first-order valence-electron chi connectivity index (χ1n) is 8.07. The number of H-pyrrole nitrogens is 1. The molecule has 0 fully saturated rings. The molecule has 5 nitrogen and oxygen atoms in total. The quantitative estimate of drug-likeness (QED) is 0.488. The van der Waals surface area contributed by atoms with Crippen LogP contribution in [0, 0.1) is 6.92 Å². The van der Waals surface area contributed by atoms with Crippen molar-refractivity contribution >= 4 is 45.2 Å². The fourth-order valence-corrected chi connectivity index (χ4v) is 4.16. The van der Waals surface area contributed by atoms with Crippen LogP contribution in [0.4, 0.5) is 5.13 Å². The van der Waals surface area contributed by atoms with Gasteiger partial charge in [-0.3, -0.25) is 4.79 Å². The molecule has 0 unspecified atom stereocenters. The van der Waals surface area contributed by atoms with Crippen LogP contribution >= 0.6 is 23.1 Å². The lowest BCUT2D eigenvalue weighted by Crippen LogP contribution is -2.19. The van der Waals surface area contributed by atoms with Gasteiger partial charge in [0, 0.05) is 11.6 Å². The minimum Gasteiger partial charge on any atom is -0.333 e. The van der Waals surface area contributed by atoms with Crippen molar-refractivity contribution in [2.75, 3.05) is 5.32 Å². The molecular weight excluding hydrogens is 364 g/mol. The number of benzene rings is 2. The van der Waals surface area contributed by atoms with Gasteiger partial charge in [0.15, 0.2) is 10.3 Å². The zero-order valence-corrected chi connectivity index (χ0v) is 15.6. The topological polar surface area (TPSA) is 70.7 Å². The van der Waals surface area contributed by atoms with Gasteiger partial charge in [-0.25, -0.2) is 9.97 Å². The maximum Gasteiger partial charge on any atom is 0.244 e. The van der Waals surface area contributed by atoms with Crippen LogP contribution < -0.4 is 5.32 Å². The summed E-state index contributed by atoms with van der Waals surface area (Å²) in [5, 5.41) is 5.61. The summed E-state index contributed by atoms with van der Waals surface area (Å²) in [5.41, 5.74) is 3.95. The van der Waals surface area contributed by atoms with E-state index < -0.39 is 5.25 Å². The molecule has 0 aliphatic heterocycles. The number of hydrogen-bond acceptors (Lipinski definition) is 5. The Labute approximate surface area is 158 Å². The smallest absolute Gasteiger partial charge is 0.244 e. The largest absolute Gasteiger partial charge is 0.333 e. The number of carbonyl (C=O) groups excluding carboxylic acids is 1. The molecule has 1 atom stereocenters. The third-order valence-corrected chi connectivity index (χ3v) is 5.68. The van der Waals surface area contributed by atoms with E-state index in [1.54, 1.807) is 6.20 Å². The molecule has 0 radical (unpaired) electrons. The number of aryl methyl sites for hydroxylation is 1. The summed E-state index contributed by atoms with van der Waals surface area (Å²) < 4.78 is 0. The number of aromatic nitrogens is 3. The Morgan fingerprint density at radius 2 is 2.08 bits per heavy atom. The molecule has 2 N–H and O–H groups in total. The van der Waals surface area contributed by atoms with E-state index in [1.165, 1.54) is 28.7 Å². The summed E-state index contributed by atoms with van der Waals surface area (Å²) in [6, 6.07) is 15.8. The van der Waals surface area contributed by atoms with Crippen LogP contribution in [0.25, 0.3) is 11.0 Å². The summed E-state index contributed by atoms with van der Waals surface area (Å²) in [4.78, 5) is 24.9. The van der Waals surface area contributed by atoms with Crippen LogP contribution in [-0.2, 0) is 4.79 Å². The van der Waals surface area contributed by atoms with Crippen molar-refractivity contribution in [3.05, 3.63) is 71.2 Å². The Bertz CT molecular complexity index is 1030. The maximum atomic E-state index is 12.9. The van der Waals surface area contributed by atoms with E-state index in [0.717, 1.165) is 16.6 Å². The number of nitrogens with one attached hydrogen (secondary N) is 2. The zero-order chi connectivity index (χ0) is 17.9. The number of thioether (sulfide) groups is 1. The van der Waals surface area contributed by atoms with Crippen LogP contribution in [0.1, 0.15) is 16.4 Å². The SMILES string of the molecule is Cc1ccc2nc(S[C@H](C(=O)Nc3nccs3)c3ccccc3)[nH]c2c1. The summed E-state index contributed by atoms with van der Waals surface area (Å²) in [7, 11) is 0. The minimum absolute atomic E-state index is 0.118. The lowest BCUT2D eigenvalue weighted by Gasteiger charge is -2.14. The Morgan fingerprint density at radius 1 is 1.23 bits per heavy atom. The number of aromatic amines is 1. The maximum absolute atomic E-state index is 12.9. The van der Waals surface area contributed by atoms with E-state index >= 15 is 0 Å². The van der Waals surface area contributed by atoms with Gasteiger partial charge in [-0.05, 0) is 30.2 Å². The van der Waals surface area contributed by atoms with Crippen molar-refractivity contribution in [1.29, 1.82) is 0 Å². The van der Waals surface area contributed by atoms with Crippen molar-refractivity contribution in [1.82, 2.24) is 15.0 Å². The number of thiazole rings is 1. The molecule has 26 heavy (non-hydrogen) atoms. The van der Waals surface area contributed by atoms with Crippen LogP contribution in [0.2, 0.25) is 0 Å². The van der Waals surface area contributed by atoms with Gasteiger partial charge in [0.1, 0.15) is 5.25 Å². The van der Waals surface area contributed by atoms with Crippen LogP contribution in [0.15, 0.2) is 65.3 Å². The van der Waals surface area contributed by atoms with Crippen LogP contribution in [0.5, 0.6) is 0 Å². The summed E-state index contributed by atoms with van der Waals surface area (Å²) in [6.45, 7) is 2.04. The van der Waals surface area contributed by atoms with E-state index in [9.17, 15) is 4.79 Å². The summed E-state index contributed by atoms with van der Waals surface area (Å²) >= 11 is 2.80. The average Bonchev–Trinajstić information content (AvgIpc) is 3.29. The van der Waals surface area contributed by atoms with Crippen molar-refractivity contribution in [3.63, 3.8) is 0 Å². The highest BCUT2D eigenvalue weighted by Gasteiger charge is 2.24. The van der Waals surface area contributed by atoms with Gasteiger partial charge in [0.25, 0.3) is 0 Å². The second-order valence-corrected chi connectivity index (χ2v) is 7.79. The molecule has 2 aromatic heterocycles. The predicted octanol–water partition coefficient (Wildman–Crippen LogP) is 4.80. The van der Waals surface area contributed by atoms with Crippen molar-refractivity contribution in [3.8, 4) is 0 Å². The molecule has 0 aliphatic rings. The van der Waals surface area contributed by atoms with E-state index in [0.29, 0.717) is 10.3 Å². The number of rotatable bonds is 5. The highest BCUT2D eigenvalue weighted by Crippen LogP contribution is 2.35. The standard InChI is InChI=1S/C19H16N4OS2/c1-12-7-8-14-15(11-12)22-19(21-14)26-16(13-5-3-2-4-6-13)17(24)23-18-20-9-10-25-18/h2-11,16H,1H3,(H,21,22)(H,20,23,24)/t16-/m0/s1. The molecule has 0 aliphatic carbocycles. The molecule has 130 valence electrons. The van der Waals surface area contributed by atoms with E-state index in [2.05, 4.69) is 26.3 Å². The first-order chi connectivity index (χ1) is 12.7. The zero-order valence-electron chi connectivity index (χ0n) is 14.0. The lowest BCUT2D eigenvalue weighted by atomic mass is 10.1. The number of anilines is 1. The Morgan fingerprint density at radius 3 is 2.85 bits per heavy atom. The molecule has 2 aromatic carbocycles. The molecular formula is C19H16N4OS2. The second kappa shape index (κ2) is 7.31. The highest BCUT2D eigenvalue weighted by molar-refractivity contribution is 8.00. The molecule has 0 spiro atoms. The molecule has 1 amide bonds. The molecule has 4 aromatic rings.